The molecule has 1 saturated heterocycles. The Morgan fingerprint density at radius 2 is 2.08 bits per heavy atom. The second-order valence-corrected chi connectivity index (χ2v) is 8.14. The normalized spacial score (nSPS) is 18.8. The summed E-state index contributed by atoms with van der Waals surface area (Å²) in [6.07, 6.45) is 7.78. The highest BCUT2D eigenvalue weighted by atomic mass is 32.1. The lowest BCUT2D eigenvalue weighted by molar-refractivity contribution is 0.203. The van der Waals surface area contributed by atoms with Gasteiger partial charge in [-0.2, -0.15) is 0 Å². The highest BCUT2D eigenvalue weighted by Gasteiger charge is 2.25. The second kappa shape index (κ2) is 6.76. The van der Waals surface area contributed by atoms with E-state index in [2.05, 4.69) is 32.9 Å². The molecule has 0 amide bonds. The summed E-state index contributed by atoms with van der Waals surface area (Å²) in [6, 6.07) is 2.64. The van der Waals surface area contributed by atoms with Crippen LogP contribution in [-0.2, 0) is 19.4 Å². The van der Waals surface area contributed by atoms with E-state index in [4.69, 9.17) is 4.98 Å². The molecule has 4 rings (SSSR count). The van der Waals surface area contributed by atoms with Crippen molar-refractivity contribution in [2.75, 3.05) is 25.0 Å². The summed E-state index contributed by atoms with van der Waals surface area (Å²) >= 11 is 1.94. The topological polar surface area (TPSA) is 45.2 Å². The highest BCUT2D eigenvalue weighted by molar-refractivity contribution is 7.11. The Labute approximate surface area is 147 Å². The number of piperidine rings is 1. The molecule has 3 heterocycles. The van der Waals surface area contributed by atoms with E-state index in [1.165, 1.54) is 42.8 Å². The number of thiazole rings is 1. The van der Waals surface area contributed by atoms with Gasteiger partial charge in [0.25, 0.3) is 0 Å². The van der Waals surface area contributed by atoms with Gasteiger partial charge in [0.15, 0.2) is 0 Å². The number of nitrogens with zero attached hydrogens (tertiary/aromatic N) is 5. The van der Waals surface area contributed by atoms with E-state index >= 15 is 0 Å². The summed E-state index contributed by atoms with van der Waals surface area (Å²) in [7, 11) is 2.16. The first-order valence-electron chi connectivity index (χ1n) is 8.90. The van der Waals surface area contributed by atoms with Crippen molar-refractivity contribution in [3.63, 3.8) is 0 Å². The van der Waals surface area contributed by atoms with Crippen molar-refractivity contribution in [2.24, 2.45) is 0 Å². The molecule has 0 N–H and O–H groups in total. The summed E-state index contributed by atoms with van der Waals surface area (Å²) in [5, 5.41) is 1.32. The van der Waals surface area contributed by atoms with Crippen molar-refractivity contribution in [3.8, 4) is 0 Å². The molecular formula is C18H25N5S. The molecule has 1 fully saturated rings. The minimum Gasteiger partial charge on any atom is -0.356 e. The molecule has 24 heavy (non-hydrogen) atoms. The van der Waals surface area contributed by atoms with Crippen LogP contribution in [0, 0.1) is 6.92 Å². The predicted molar refractivity (Wildman–Crippen MR) is 97.6 cm³/mol. The lowest BCUT2D eigenvalue weighted by Gasteiger charge is -2.37. The number of rotatable bonds is 4. The van der Waals surface area contributed by atoms with Crippen LogP contribution in [0.5, 0.6) is 0 Å². The number of aromatic nitrogens is 3. The van der Waals surface area contributed by atoms with Crippen molar-refractivity contribution in [2.45, 2.75) is 51.6 Å². The molecule has 2 aromatic heterocycles. The van der Waals surface area contributed by atoms with E-state index in [0.717, 1.165) is 31.1 Å². The molecule has 0 saturated carbocycles. The van der Waals surface area contributed by atoms with E-state index in [9.17, 15) is 0 Å². The Morgan fingerprint density at radius 1 is 1.25 bits per heavy atom. The third kappa shape index (κ3) is 3.30. The predicted octanol–water partition coefficient (Wildman–Crippen LogP) is 2.83. The third-order valence-corrected chi connectivity index (χ3v) is 6.40. The highest BCUT2D eigenvalue weighted by Crippen LogP contribution is 2.29. The Morgan fingerprint density at radius 3 is 2.83 bits per heavy atom. The summed E-state index contributed by atoms with van der Waals surface area (Å²) in [4.78, 5) is 19.9. The van der Waals surface area contributed by atoms with Gasteiger partial charge < -0.3 is 4.90 Å². The van der Waals surface area contributed by atoms with Crippen molar-refractivity contribution in [3.05, 3.63) is 33.7 Å². The number of likely N-dealkylation sites (tertiary alicyclic amines) is 1. The van der Waals surface area contributed by atoms with Gasteiger partial charge in [0.2, 0.25) is 0 Å². The van der Waals surface area contributed by atoms with Gasteiger partial charge in [-0.3, -0.25) is 4.90 Å². The van der Waals surface area contributed by atoms with Crippen molar-refractivity contribution in [1.29, 1.82) is 0 Å². The fraction of sp³-hybridized carbons (Fsp3) is 0.611. The molecule has 2 aliphatic rings. The number of fused-ring (bicyclic) bond motifs is 1. The van der Waals surface area contributed by atoms with E-state index in [-0.39, 0.29) is 0 Å². The number of hydrogen-bond donors (Lipinski definition) is 0. The lowest BCUT2D eigenvalue weighted by atomic mass is 10.0. The average molecular weight is 344 g/mol. The molecule has 0 aromatic carbocycles. The van der Waals surface area contributed by atoms with Gasteiger partial charge in [-0.25, -0.2) is 15.0 Å². The van der Waals surface area contributed by atoms with Gasteiger partial charge in [0.1, 0.15) is 17.2 Å². The van der Waals surface area contributed by atoms with E-state index in [0.29, 0.717) is 6.04 Å². The van der Waals surface area contributed by atoms with Gasteiger partial charge in [-0.1, -0.05) is 0 Å². The Hall–Kier alpha value is -1.53. The largest absolute Gasteiger partial charge is 0.356 e. The van der Waals surface area contributed by atoms with Crippen molar-refractivity contribution in [1.82, 2.24) is 19.9 Å². The summed E-state index contributed by atoms with van der Waals surface area (Å²) in [6.45, 7) is 5.33. The fourth-order valence-corrected chi connectivity index (χ4v) is 4.99. The van der Waals surface area contributed by atoms with Crippen LogP contribution in [0.4, 0.5) is 5.82 Å². The molecule has 6 heteroatoms. The standard InChI is InChI=1S/C18H25N5S/c1-13-10-17(20-12-19-13)22(2)14-6-8-23(9-7-14)11-18-21-15-4-3-5-16(15)24-18/h10,12,14H,3-9,11H2,1-2H3. The van der Waals surface area contributed by atoms with Gasteiger partial charge in [0, 0.05) is 42.8 Å². The number of anilines is 1. The summed E-state index contributed by atoms with van der Waals surface area (Å²) < 4.78 is 0. The van der Waals surface area contributed by atoms with Crippen LogP contribution in [-0.4, -0.2) is 46.0 Å². The first-order chi connectivity index (χ1) is 11.7. The summed E-state index contributed by atoms with van der Waals surface area (Å²) in [5.74, 6) is 1.04. The molecule has 0 spiro atoms. The zero-order chi connectivity index (χ0) is 16.5. The monoisotopic (exact) mass is 343 g/mol. The molecule has 1 aliphatic heterocycles. The molecule has 0 atom stereocenters. The van der Waals surface area contributed by atoms with Crippen LogP contribution in [0.25, 0.3) is 0 Å². The fourth-order valence-electron chi connectivity index (χ4n) is 3.79. The average Bonchev–Trinajstić information content (AvgIpc) is 3.16. The first-order valence-corrected chi connectivity index (χ1v) is 9.72. The molecule has 0 bridgehead atoms. The molecular weight excluding hydrogens is 318 g/mol. The van der Waals surface area contributed by atoms with Gasteiger partial charge in [-0.15, -0.1) is 11.3 Å². The van der Waals surface area contributed by atoms with Crippen LogP contribution >= 0.6 is 11.3 Å². The zero-order valence-electron chi connectivity index (χ0n) is 14.5. The van der Waals surface area contributed by atoms with Crippen LogP contribution in [0.15, 0.2) is 12.4 Å². The first kappa shape index (κ1) is 16.0. The maximum atomic E-state index is 4.85. The van der Waals surface area contributed by atoms with Crippen molar-refractivity contribution < 1.29 is 0 Å². The van der Waals surface area contributed by atoms with E-state index < -0.39 is 0 Å². The molecule has 5 nitrogen and oxygen atoms in total. The van der Waals surface area contributed by atoms with Gasteiger partial charge >= 0.3 is 0 Å². The Bertz CT molecular complexity index is 684. The Kier molecular flexibility index (Phi) is 4.50. The second-order valence-electron chi connectivity index (χ2n) is 6.97. The Balaban J connectivity index is 1.33. The van der Waals surface area contributed by atoms with Crippen LogP contribution in [0.1, 0.15) is 40.5 Å². The smallest absolute Gasteiger partial charge is 0.132 e. The van der Waals surface area contributed by atoms with Crippen LogP contribution in [0.3, 0.4) is 0 Å². The van der Waals surface area contributed by atoms with Crippen LogP contribution < -0.4 is 4.90 Å². The molecule has 128 valence electrons. The van der Waals surface area contributed by atoms with Gasteiger partial charge in [0.05, 0.1) is 12.2 Å². The zero-order valence-corrected chi connectivity index (χ0v) is 15.3. The van der Waals surface area contributed by atoms with Crippen molar-refractivity contribution >= 4 is 17.2 Å². The van der Waals surface area contributed by atoms with Gasteiger partial charge in [-0.05, 0) is 39.0 Å². The molecule has 0 radical (unpaired) electrons. The summed E-state index contributed by atoms with van der Waals surface area (Å²) in [5.41, 5.74) is 2.41. The minimum atomic E-state index is 0.567. The maximum Gasteiger partial charge on any atom is 0.132 e. The minimum absolute atomic E-state index is 0.567. The lowest BCUT2D eigenvalue weighted by Crippen LogP contribution is -2.43. The van der Waals surface area contributed by atoms with E-state index in [1.54, 1.807) is 11.2 Å². The third-order valence-electron chi connectivity index (χ3n) is 5.25. The quantitative estimate of drug-likeness (QED) is 0.854. The SMILES string of the molecule is Cc1cc(N(C)C2CCN(Cc3nc4c(s3)CCC4)CC2)ncn1. The molecule has 2 aromatic rings. The molecule has 0 unspecified atom stereocenters. The van der Waals surface area contributed by atoms with E-state index in [1.807, 2.05) is 18.3 Å². The number of hydrogen-bond acceptors (Lipinski definition) is 6. The number of aryl methyl sites for hydroxylation is 3. The maximum absolute atomic E-state index is 4.85. The molecule has 1 aliphatic carbocycles. The van der Waals surface area contributed by atoms with Crippen LogP contribution in [0.2, 0.25) is 0 Å².